The maximum Gasteiger partial charge on any atom is 0.255 e. The number of carbonyl (C=O) groups is 1. The van der Waals surface area contributed by atoms with Gasteiger partial charge < -0.3 is 5.32 Å². The van der Waals surface area contributed by atoms with Gasteiger partial charge in [-0.3, -0.25) is 4.79 Å². The van der Waals surface area contributed by atoms with Gasteiger partial charge in [0.05, 0.1) is 0 Å². The largest absolute Gasteiger partial charge is 0.322 e. The minimum Gasteiger partial charge on any atom is -0.322 e. The van der Waals surface area contributed by atoms with Crippen molar-refractivity contribution in [2.45, 2.75) is 23.8 Å². The standard InChI is InChI=1S/C20H16FN5OS/c1-12-13(2)24-20-22-11-23-26(20)19(12)28-17-8-6-16(7-9-17)25-18(27)14-4-3-5-15(21)10-14/h3-11H,1-2H3,(H,25,27). The normalized spacial score (nSPS) is 11.0. The van der Waals surface area contributed by atoms with Gasteiger partial charge in [-0.25, -0.2) is 9.37 Å². The van der Waals surface area contributed by atoms with Crippen molar-refractivity contribution in [2.75, 3.05) is 5.32 Å². The first kappa shape index (κ1) is 18.1. The maximum atomic E-state index is 13.3. The fraction of sp³-hybridized carbons (Fsp3) is 0.100. The Hall–Kier alpha value is -3.26. The lowest BCUT2D eigenvalue weighted by Gasteiger charge is -2.10. The third-order valence-corrected chi connectivity index (χ3v) is 5.45. The molecule has 8 heteroatoms. The third kappa shape index (κ3) is 3.59. The average molecular weight is 393 g/mol. The first-order valence-corrected chi connectivity index (χ1v) is 9.35. The predicted molar refractivity (Wildman–Crippen MR) is 105 cm³/mol. The number of fused-ring (bicyclic) bond motifs is 1. The SMILES string of the molecule is Cc1nc2ncnn2c(Sc2ccc(NC(=O)c3cccc(F)c3)cc2)c1C. The van der Waals surface area contributed by atoms with Gasteiger partial charge in [0.2, 0.25) is 0 Å². The predicted octanol–water partition coefficient (Wildman–Crippen LogP) is 4.28. The molecule has 2 heterocycles. The van der Waals surface area contributed by atoms with Crippen molar-refractivity contribution in [1.82, 2.24) is 19.6 Å². The summed E-state index contributed by atoms with van der Waals surface area (Å²) in [6.07, 6.45) is 1.48. The summed E-state index contributed by atoms with van der Waals surface area (Å²) >= 11 is 1.55. The summed E-state index contributed by atoms with van der Waals surface area (Å²) < 4.78 is 15.0. The molecule has 0 fully saturated rings. The molecule has 0 radical (unpaired) electrons. The molecule has 28 heavy (non-hydrogen) atoms. The van der Waals surface area contributed by atoms with Crippen molar-refractivity contribution in [3.63, 3.8) is 0 Å². The van der Waals surface area contributed by atoms with Crippen LogP contribution in [0, 0.1) is 19.7 Å². The number of nitrogens with zero attached hydrogens (tertiary/aromatic N) is 4. The van der Waals surface area contributed by atoms with Crippen LogP contribution in [-0.2, 0) is 0 Å². The number of benzene rings is 2. The maximum absolute atomic E-state index is 13.3. The molecule has 0 saturated carbocycles. The molecule has 2 aromatic heterocycles. The zero-order chi connectivity index (χ0) is 19.7. The second-order valence-electron chi connectivity index (χ2n) is 6.19. The summed E-state index contributed by atoms with van der Waals surface area (Å²) in [5, 5.41) is 7.96. The number of hydrogen-bond acceptors (Lipinski definition) is 5. The number of aromatic nitrogens is 4. The van der Waals surface area contributed by atoms with E-state index in [2.05, 4.69) is 20.4 Å². The Morgan fingerprint density at radius 2 is 1.93 bits per heavy atom. The third-order valence-electron chi connectivity index (χ3n) is 4.27. The Balaban J connectivity index is 1.54. The van der Waals surface area contributed by atoms with Gasteiger partial charge in [-0.1, -0.05) is 17.8 Å². The van der Waals surface area contributed by atoms with E-state index < -0.39 is 5.82 Å². The lowest BCUT2D eigenvalue weighted by atomic mass is 10.2. The molecule has 6 nitrogen and oxygen atoms in total. The van der Waals surface area contributed by atoms with Crippen LogP contribution in [0.3, 0.4) is 0 Å². The molecule has 0 bridgehead atoms. The fourth-order valence-electron chi connectivity index (χ4n) is 2.67. The van der Waals surface area contributed by atoms with E-state index >= 15 is 0 Å². The van der Waals surface area contributed by atoms with E-state index in [1.54, 1.807) is 34.5 Å². The van der Waals surface area contributed by atoms with Gasteiger partial charge in [-0.05, 0) is 56.3 Å². The molecule has 2 aromatic carbocycles. The summed E-state index contributed by atoms with van der Waals surface area (Å²) in [7, 11) is 0. The monoisotopic (exact) mass is 393 g/mol. The van der Waals surface area contributed by atoms with Gasteiger partial charge in [0.1, 0.15) is 17.2 Å². The van der Waals surface area contributed by atoms with Crippen molar-refractivity contribution >= 4 is 29.1 Å². The first-order valence-electron chi connectivity index (χ1n) is 8.53. The van der Waals surface area contributed by atoms with Crippen LogP contribution in [0.15, 0.2) is 64.8 Å². The number of halogens is 1. The highest BCUT2D eigenvalue weighted by Crippen LogP contribution is 2.31. The Morgan fingerprint density at radius 3 is 2.68 bits per heavy atom. The van der Waals surface area contributed by atoms with Crippen LogP contribution < -0.4 is 5.32 Å². The minimum atomic E-state index is -0.443. The smallest absolute Gasteiger partial charge is 0.255 e. The molecular weight excluding hydrogens is 377 g/mol. The first-order chi connectivity index (χ1) is 13.5. The number of hydrogen-bond donors (Lipinski definition) is 1. The molecule has 4 aromatic rings. The highest BCUT2D eigenvalue weighted by atomic mass is 32.2. The molecule has 4 rings (SSSR count). The van der Waals surface area contributed by atoms with E-state index in [9.17, 15) is 9.18 Å². The van der Waals surface area contributed by atoms with Crippen molar-refractivity contribution in [1.29, 1.82) is 0 Å². The lowest BCUT2D eigenvalue weighted by Crippen LogP contribution is -2.11. The summed E-state index contributed by atoms with van der Waals surface area (Å²) in [6.45, 7) is 3.94. The van der Waals surface area contributed by atoms with Crippen molar-refractivity contribution < 1.29 is 9.18 Å². The van der Waals surface area contributed by atoms with Crippen LogP contribution in [0.25, 0.3) is 5.78 Å². The summed E-state index contributed by atoms with van der Waals surface area (Å²) in [6, 6.07) is 13.0. The zero-order valence-corrected chi connectivity index (χ0v) is 16.0. The van der Waals surface area contributed by atoms with Gasteiger partial charge >= 0.3 is 0 Å². The fourth-order valence-corrected chi connectivity index (χ4v) is 3.68. The topological polar surface area (TPSA) is 72.2 Å². The van der Waals surface area contributed by atoms with Crippen LogP contribution in [-0.4, -0.2) is 25.5 Å². The van der Waals surface area contributed by atoms with Crippen molar-refractivity contribution in [3.8, 4) is 0 Å². The molecule has 0 aliphatic carbocycles. The molecule has 140 valence electrons. The molecule has 0 unspecified atom stereocenters. The number of aryl methyl sites for hydroxylation is 1. The molecule has 0 aliphatic heterocycles. The van der Waals surface area contributed by atoms with Crippen molar-refractivity contribution in [3.05, 3.63) is 77.5 Å². The number of amides is 1. The van der Waals surface area contributed by atoms with Crippen LogP contribution in [0.2, 0.25) is 0 Å². The Morgan fingerprint density at radius 1 is 1.14 bits per heavy atom. The molecule has 0 aliphatic rings. The van der Waals surface area contributed by atoms with Gasteiger partial charge in [0.25, 0.3) is 11.7 Å². The second kappa shape index (κ2) is 7.40. The number of anilines is 1. The quantitative estimate of drug-likeness (QED) is 0.524. The minimum absolute atomic E-state index is 0.273. The van der Waals surface area contributed by atoms with E-state index in [1.165, 1.54) is 24.5 Å². The summed E-state index contributed by atoms with van der Waals surface area (Å²) in [4.78, 5) is 21.8. The molecule has 0 spiro atoms. The number of rotatable bonds is 4. The van der Waals surface area contributed by atoms with Crippen molar-refractivity contribution in [2.24, 2.45) is 0 Å². The lowest BCUT2D eigenvalue weighted by molar-refractivity contribution is 0.102. The molecule has 0 atom stereocenters. The second-order valence-corrected chi connectivity index (χ2v) is 7.25. The Bertz CT molecular complexity index is 1170. The Kier molecular flexibility index (Phi) is 4.79. The van der Waals surface area contributed by atoms with Gasteiger partial charge in [0.15, 0.2) is 0 Å². The molecule has 1 N–H and O–H groups in total. The summed E-state index contributed by atoms with van der Waals surface area (Å²) in [5.74, 6) is -0.240. The van der Waals surface area contributed by atoms with Crippen LogP contribution in [0.1, 0.15) is 21.6 Å². The van der Waals surface area contributed by atoms with E-state index in [-0.39, 0.29) is 11.5 Å². The average Bonchev–Trinajstić information content (AvgIpc) is 3.14. The molecule has 0 saturated heterocycles. The zero-order valence-electron chi connectivity index (χ0n) is 15.2. The van der Waals surface area contributed by atoms with Gasteiger partial charge in [0, 0.05) is 27.4 Å². The van der Waals surface area contributed by atoms with E-state index in [0.29, 0.717) is 11.5 Å². The molecule has 1 amide bonds. The Labute approximate surface area is 164 Å². The number of carbonyl (C=O) groups excluding carboxylic acids is 1. The van der Waals surface area contributed by atoms with Gasteiger partial charge in [-0.15, -0.1) is 0 Å². The highest BCUT2D eigenvalue weighted by Gasteiger charge is 2.13. The van der Waals surface area contributed by atoms with E-state index in [0.717, 1.165) is 21.2 Å². The van der Waals surface area contributed by atoms with Crippen LogP contribution in [0.5, 0.6) is 0 Å². The number of nitrogens with one attached hydrogen (secondary N) is 1. The summed E-state index contributed by atoms with van der Waals surface area (Å²) in [5.41, 5.74) is 2.84. The van der Waals surface area contributed by atoms with Crippen LogP contribution in [0.4, 0.5) is 10.1 Å². The highest BCUT2D eigenvalue weighted by molar-refractivity contribution is 7.99. The van der Waals surface area contributed by atoms with E-state index in [4.69, 9.17) is 0 Å². The van der Waals surface area contributed by atoms with Crippen LogP contribution >= 0.6 is 11.8 Å². The molecular formula is C20H16FN5OS. The van der Waals surface area contributed by atoms with Gasteiger partial charge in [-0.2, -0.15) is 14.6 Å². The van der Waals surface area contributed by atoms with E-state index in [1.807, 2.05) is 26.0 Å².